The van der Waals surface area contributed by atoms with Crippen molar-refractivity contribution < 1.29 is 24.7 Å². The lowest BCUT2D eigenvalue weighted by Crippen LogP contribution is -2.33. The molecule has 0 unspecified atom stereocenters. The summed E-state index contributed by atoms with van der Waals surface area (Å²) in [5.74, 6) is -2.86. The van der Waals surface area contributed by atoms with E-state index in [1.807, 2.05) is 0 Å². The summed E-state index contributed by atoms with van der Waals surface area (Å²) in [6.45, 7) is 0. The van der Waals surface area contributed by atoms with Gasteiger partial charge in [0.05, 0.1) is 5.75 Å². The number of carbonyl (C=O) groups is 2. The van der Waals surface area contributed by atoms with Crippen LogP contribution in [-0.4, -0.2) is 50.7 Å². The maximum atomic E-state index is 10.4. The smallest absolute Gasteiger partial charge is 0.380 e. The maximum absolute atomic E-state index is 10.4. The van der Waals surface area contributed by atoms with Gasteiger partial charge in [0.25, 0.3) is 0 Å². The Morgan fingerprint density at radius 1 is 1.25 bits per heavy atom. The van der Waals surface area contributed by atoms with Gasteiger partial charge in [0, 0.05) is 10.7 Å². The molecule has 0 fully saturated rings. The van der Waals surface area contributed by atoms with Crippen LogP contribution in [0.4, 0.5) is 0 Å². The van der Waals surface area contributed by atoms with Crippen LogP contribution >= 0.6 is 21.6 Å². The second-order valence-electron chi connectivity index (χ2n) is 2.65. The number of hydrogen-bond acceptors (Lipinski definition) is 7. The zero-order valence-electron chi connectivity index (χ0n) is 7.94. The molecule has 0 radical (unpaired) electrons. The van der Waals surface area contributed by atoms with E-state index >= 15 is 0 Å². The number of rotatable bonds is 8. The minimum atomic E-state index is -1.68. The Labute approximate surface area is 98.1 Å². The lowest BCUT2D eigenvalue weighted by Gasteiger charge is -2.06. The minimum Gasteiger partial charge on any atom is -0.480 e. The van der Waals surface area contributed by atoms with Crippen molar-refractivity contribution in [2.24, 2.45) is 5.73 Å². The summed E-state index contributed by atoms with van der Waals surface area (Å²) >= 11 is 0. The van der Waals surface area contributed by atoms with Crippen LogP contribution in [0.1, 0.15) is 0 Å². The van der Waals surface area contributed by atoms with Crippen LogP contribution in [0.3, 0.4) is 0 Å². The Hall–Kier alpha value is -1.00. The lowest BCUT2D eigenvalue weighted by molar-refractivity contribution is -0.504. The summed E-state index contributed by atoms with van der Waals surface area (Å²) in [5.41, 5.74) is 5.17. The monoisotopic (exact) mass is 270 g/mol. The molecule has 0 aromatic rings. The van der Waals surface area contributed by atoms with E-state index in [1.54, 1.807) is 0 Å². The molecule has 10 heteroatoms. The molecule has 0 saturated heterocycles. The number of nitrogens with zero attached hydrogens (tertiary/aromatic N) is 1. The molecule has 0 bridgehead atoms. The van der Waals surface area contributed by atoms with Crippen molar-refractivity contribution in [3.05, 3.63) is 10.1 Å². The number of nitrogens with two attached hydrogens (primary N) is 1. The summed E-state index contributed by atoms with van der Waals surface area (Å²) < 4.78 is 0. The summed E-state index contributed by atoms with van der Waals surface area (Å²) in [4.78, 5) is 30.1. The summed E-state index contributed by atoms with van der Waals surface area (Å²) in [6.07, 6.45) is 0. The number of nitro groups is 1. The van der Waals surface area contributed by atoms with Crippen molar-refractivity contribution in [1.29, 1.82) is 0 Å². The predicted octanol–water partition coefficient (Wildman–Crippen LogP) is -0.490. The third kappa shape index (κ3) is 5.78. The second kappa shape index (κ2) is 7.30. The Morgan fingerprint density at radius 3 is 2.12 bits per heavy atom. The third-order valence-corrected chi connectivity index (χ3v) is 3.84. The van der Waals surface area contributed by atoms with Crippen molar-refractivity contribution in [3.8, 4) is 0 Å². The van der Waals surface area contributed by atoms with Crippen molar-refractivity contribution in [2.45, 2.75) is 12.1 Å². The van der Waals surface area contributed by atoms with Crippen LogP contribution in [0, 0.1) is 10.1 Å². The number of hydrogen-bond donors (Lipinski definition) is 3. The van der Waals surface area contributed by atoms with E-state index in [1.165, 1.54) is 0 Å². The molecule has 0 aliphatic carbocycles. The van der Waals surface area contributed by atoms with Gasteiger partial charge in [-0.15, -0.1) is 0 Å². The van der Waals surface area contributed by atoms with Crippen molar-refractivity contribution >= 4 is 33.5 Å². The highest BCUT2D eigenvalue weighted by Gasteiger charge is 2.29. The van der Waals surface area contributed by atoms with E-state index in [0.29, 0.717) is 0 Å². The quantitative estimate of drug-likeness (QED) is 0.230. The molecule has 92 valence electrons. The Bertz CT molecular complexity index is 272. The summed E-state index contributed by atoms with van der Waals surface area (Å²) in [5, 5.41) is 27.1. The fourth-order valence-electron chi connectivity index (χ4n) is 0.528. The highest BCUT2D eigenvalue weighted by atomic mass is 33.1. The first kappa shape index (κ1) is 15.0. The largest absolute Gasteiger partial charge is 0.480 e. The van der Waals surface area contributed by atoms with Gasteiger partial charge in [0.2, 0.25) is 0 Å². The van der Waals surface area contributed by atoms with Crippen molar-refractivity contribution in [1.82, 2.24) is 0 Å². The molecule has 0 aromatic carbocycles. The van der Waals surface area contributed by atoms with E-state index in [2.05, 4.69) is 0 Å². The zero-order chi connectivity index (χ0) is 12.7. The molecular weight excluding hydrogens is 260 g/mol. The molecule has 16 heavy (non-hydrogen) atoms. The van der Waals surface area contributed by atoms with Gasteiger partial charge < -0.3 is 15.9 Å². The van der Waals surface area contributed by atoms with Gasteiger partial charge in [-0.1, -0.05) is 21.6 Å². The highest BCUT2D eigenvalue weighted by Crippen LogP contribution is 2.23. The van der Waals surface area contributed by atoms with Crippen LogP contribution in [0.25, 0.3) is 0 Å². The van der Waals surface area contributed by atoms with Crippen LogP contribution < -0.4 is 5.73 Å². The second-order valence-corrected chi connectivity index (χ2v) is 5.21. The lowest BCUT2D eigenvalue weighted by atomic mass is 10.4. The average molecular weight is 270 g/mol. The fraction of sp³-hybridized carbons (Fsp3) is 0.667. The molecule has 0 amide bonds. The molecule has 0 spiro atoms. The standard InChI is InChI=1S/C6H10N2O6S2/c7-3(5(9)10)1-15-16-2-4(6(11)12)8(13)14/h3-4H,1-2,7H2,(H,9,10)(H,11,12)/t3-,4-/m0/s1. The van der Waals surface area contributed by atoms with Gasteiger partial charge in [-0.05, 0) is 0 Å². The van der Waals surface area contributed by atoms with Gasteiger partial charge >= 0.3 is 18.0 Å². The van der Waals surface area contributed by atoms with E-state index in [9.17, 15) is 19.7 Å². The molecule has 0 aromatic heterocycles. The predicted molar refractivity (Wildman–Crippen MR) is 58.9 cm³/mol. The van der Waals surface area contributed by atoms with E-state index < -0.39 is 28.9 Å². The molecule has 0 aliphatic heterocycles. The fourth-order valence-corrected chi connectivity index (χ4v) is 2.81. The average Bonchev–Trinajstić information content (AvgIpc) is 2.15. The summed E-state index contributed by atoms with van der Waals surface area (Å²) in [6, 6.07) is -2.74. The minimum absolute atomic E-state index is 0.0596. The van der Waals surface area contributed by atoms with Gasteiger partial charge in [0.15, 0.2) is 0 Å². The number of carboxylic acids is 2. The molecule has 0 saturated carbocycles. The molecule has 4 N–H and O–H groups in total. The van der Waals surface area contributed by atoms with Gasteiger partial charge in [-0.25, -0.2) is 4.79 Å². The van der Waals surface area contributed by atoms with Crippen LogP contribution in [0.2, 0.25) is 0 Å². The molecule has 0 aliphatic rings. The van der Waals surface area contributed by atoms with Gasteiger partial charge in [-0.2, -0.15) is 0 Å². The normalized spacial score (nSPS) is 14.1. The first-order valence-corrected chi connectivity index (χ1v) is 6.44. The molecule has 0 heterocycles. The van der Waals surface area contributed by atoms with Crippen LogP contribution in [0.15, 0.2) is 0 Å². The van der Waals surface area contributed by atoms with E-state index in [-0.39, 0.29) is 11.5 Å². The Balaban J connectivity index is 3.84. The van der Waals surface area contributed by atoms with Crippen LogP contribution in [0.5, 0.6) is 0 Å². The first-order chi connectivity index (χ1) is 7.36. The maximum Gasteiger partial charge on any atom is 0.380 e. The van der Waals surface area contributed by atoms with E-state index in [0.717, 1.165) is 21.6 Å². The third-order valence-electron chi connectivity index (χ3n) is 1.41. The van der Waals surface area contributed by atoms with Crippen molar-refractivity contribution in [3.63, 3.8) is 0 Å². The Kier molecular flexibility index (Phi) is 6.85. The topological polar surface area (TPSA) is 144 Å². The first-order valence-electron chi connectivity index (χ1n) is 3.95. The number of aliphatic carboxylic acids is 2. The molecular formula is C6H10N2O6S2. The molecule has 2 atom stereocenters. The van der Waals surface area contributed by atoms with E-state index in [4.69, 9.17) is 15.9 Å². The van der Waals surface area contributed by atoms with Crippen LogP contribution in [-0.2, 0) is 9.59 Å². The van der Waals surface area contributed by atoms with Gasteiger partial charge in [0.1, 0.15) is 6.04 Å². The molecule has 0 rings (SSSR count). The van der Waals surface area contributed by atoms with Crippen molar-refractivity contribution in [2.75, 3.05) is 11.5 Å². The molecule has 8 nitrogen and oxygen atoms in total. The summed E-state index contributed by atoms with van der Waals surface area (Å²) in [7, 11) is 1.91. The zero-order valence-corrected chi connectivity index (χ0v) is 9.57. The SMILES string of the molecule is N[C@@H](CSSC[C@@H](C(=O)O)[N+](=O)[O-])C(=O)O. The Morgan fingerprint density at radius 2 is 1.75 bits per heavy atom. The highest BCUT2D eigenvalue weighted by molar-refractivity contribution is 8.76. The van der Waals surface area contributed by atoms with Gasteiger partial charge in [-0.3, -0.25) is 14.9 Å². The number of carboxylic acid groups (broad SMARTS) is 2.